The Kier molecular flexibility index (Phi) is 5.26. The molecule has 0 saturated heterocycles. The van der Waals surface area contributed by atoms with E-state index in [1.165, 1.54) is 0 Å². The van der Waals surface area contributed by atoms with Gasteiger partial charge in [0.25, 0.3) is 0 Å². The Labute approximate surface area is 105 Å². The van der Waals surface area contributed by atoms with Crippen LogP contribution in [0.3, 0.4) is 0 Å². The molecule has 0 fully saturated rings. The predicted molar refractivity (Wildman–Crippen MR) is 63.3 cm³/mol. The maximum Gasteiger partial charge on any atom is 0.243 e. The van der Waals surface area contributed by atoms with Crippen LogP contribution in [-0.4, -0.2) is 37.6 Å². The van der Waals surface area contributed by atoms with Gasteiger partial charge in [-0.25, -0.2) is 23.1 Å². The lowest BCUT2D eigenvalue weighted by atomic mass is 10.4. The molecule has 0 saturated carbocycles. The molecule has 0 bridgehead atoms. The highest BCUT2D eigenvalue weighted by Crippen LogP contribution is 2.08. The number of ether oxygens (including phenoxy) is 1. The van der Waals surface area contributed by atoms with E-state index < -0.39 is 10.0 Å². The lowest BCUT2D eigenvalue weighted by Gasteiger charge is -2.13. The SMILES string of the molecule is CCOCC(C)NS(=O)(=O)c1cnc(Cl)nc1. The van der Waals surface area contributed by atoms with Crippen molar-refractivity contribution >= 4 is 21.6 Å². The monoisotopic (exact) mass is 279 g/mol. The summed E-state index contributed by atoms with van der Waals surface area (Å²) >= 11 is 5.48. The average Bonchev–Trinajstić information content (AvgIpc) is 2.26. The minimum atomic E-state index is -3.62. The first-order chi connectivity index (χ1) is 7.95. The van der Waals surface area contributed by atoms with E-state index in [1.54, 1.807) is 6.92 Å². The van der Waals surface area contributed by atoms with E-state index in [1.807, 2.05) is 6.92 Å². The standard InChI is InChI=1S/C9H14ClN3O3S/c1-3-16-6-7(2)13-17(14,15)8-4-11-9(10)12-5-8/h4-5,7,13H,3,6H2,1-2H3. The number of hydrogen-bond acceptors (Lipinski definition) is 5. The van der Waals surface area contributed by atoms with Crippen molar-refractivity contribution < 1.29 is 13.2 Å². The minimum absolute atomic E-state index is 0.00585. The Morgan fingerprint density at radius 1 is 1.47 bits per heavy atom. The Hall–Kier alpha value is -0.760. The van der Waals surface area contributed by atoms with Gasteiger partial charge in [-0.3, -0.25) is 0 Å². The van der Waals surface area contributed by atoms with E-state index in [-0.39, 0.29) is 16.2 Å². The number of hydrogen-bond donors (Lipinski definition) is 1. The van der Waals surface area contributed by atoms with E-state index in [0.717, 1.165) is 12.4 Å². The van der Waals surface area contributed by atoms with Gasteiger partial charge in [-0.2, -0.15) is 0 Å². The molecule has 17 heavy (non-hydrogen) atoms. The first-order valence-corrected chi connectivity index (χ1v) is 6.89. The first-order valence-electron chi connectivity index (χ1n) is 5.03. The zero-order valence-electron chi connectivity index (χ0n) is 9.55. The van der Waals surface area contributed by atoms with Crippen LogP contribution in [-0.2, 0) is 14.8 Å². The third-order valence-electron chi connectivity index (χ3n) is 1.84. The molecule has 0 aliphatic carbocycles. The van der Waals surface area contributed by atoms with Gasteiger partial charge in [0.2, 0.25) is 15.3 Å². The molecule has 1 aromatic rings. The summed E-state index contributed by atoms with van der Waals surface area (Å²) in [4.78, 5) is 7.21. The largest absolute Gasteiger partial charge is 0.380 e. The van der Waals surface area contributed by atoms with Crippen molar-refractivity contribution in [3.8, 4) is 0 Å². The molecule has 0 spiro atoms. The molecule has 96 valence electrons. The Balaban J connectivity index is 2.71. The fourth-order valence-corrected chi connectivity index (χ4v) is 2.32. The van der Waals surface area contributed by atoms with Crippen molar-refractivity contribution in [2.45, 2.75) is 24.8 Å². The van der Waals surface area contributed by atoms with Crippen LogP contribution >= 0.6 is 11.6 Å². The maximum absolute atomic E-state index is 11.8. The molecule has 8 heteroatoms. The number of halogens is 1. The van der Waals surface area contributed by atoms with E-state index in [9.17, 15) is 8.42 Å². The summed E-state index contributed by atoms with van der Waals surface area (Å²) in [7, 11) is -3.62. The second-order valence-corrected chi connectivity index (χ2v) is 5.42. The van der Waals surface area contributed by atoms with Gasteiger partial charge >= 0.3 is 0 Å². The normalized spacial score (nSPS) is 13.6. The molecule has 0 aromatic carbocycles. The molecule has 1 aromatic heterocycles. The van der Waals surface area contributed by atoms with Crippen molar-refractivity contribution in [3.63, 3.8) is 0 Å². The third-order valence-corrected chi connectivity index (χ3v) is 3.57. The molecular weight excluding hydrogens is 266 g/mol. The lowest BCUT2D eigenvalue weighted by Crippen LogP contribution is -2.36. The van der Waals surface area contributed by atoms with Crippen LogP contribution < -0.4 is 4.72 Å². The molecule has 1 unspecified atom stereocenters. The molecule has 0 amide bonds. The molecule has 0 aliphatic heterocycles. The van der Waals surface area contributed by atoms with Gasteiger partial charge in [0, 0.05) is 12.6 Å². The van der Waals surface area contributed by atoms with Gasteiger partial charge in [0.05, 0.1) is 19.0 Å². The van der Waals surface area contributed by atoms with E-state index in [4.69, 9.17) is 16.3 Å². The highest BCUT2D eigenvalue weighted by atomic mass is 35.5. The number of nitrogens with one attached hydrogen (secondary N) is 1. The van der Waals surface area contributed by atoms with Crippen molar-refractivity contribution in [3.05, 3.63) is 17.7 Å². The summed E-state index contributed by atoms with van der Waals surface area (Å²) in [5.74, 6) is 0. The number of nitrogens with zero attached hydrogens (tertiary/aromatic N) is 2. The molecule has 0 radical (unpaired) electrons. The predicted octanol–water partition coefficient (Wildman–Crippen LogP) is 0.833. The number of aromatic nitrogens is 2. The van der Waals surface area contributed by atoms with Crippen LogP contribution in [0, 0.1) is 0 Å². The van der Waals surface area contributed by atoms with Gasteiger partial charge in [-0.15, -0.1) is 0 Å². The highest BCUT2D eigenvalue weighted by Gasteiger charge is 2.18. The van der Waals surface area contributed by atoms with Crippen molar-refractivity contribution in [2.75, 3.05) is 13.2 Å². The molecule has 1 rings (SSSR count). The summed E-state index contributed by atoms with van der Waals surface area (Å²) in [5, 5.41) is 0.00585. The van der Waals surface area contributed by atoms with Gasteiger partial charge in [0.15, 0.2) is 0 Å². The van der Waals surface area contributed by atoms with Crippen LogP contribution in [0.5, 0.6) is 0 Å². The Bertz CT molecular complexity index is 449. The second kappa shape index (κ2) is 6.25. The first kappa shape index (κ1) is 14.3. The highest BCUT2D eigenvalue weighted by molar-refractivity contribution is 7.89. The van der Waals surface area contributed by atoms with Crippen LogP contribution in [0.4, 0.5) is 0 Å². The van der Waals surface area contributed by atoms with Crippen LogP contribution in [0.2, 0.25) is 5.28 Å². The molecular formula is C9H14ClN3O3S. The number of sulfonamides is 1. The number of rotatable bonds is 6. The molecule has 6 nitrogen and oxygen atoms in total. The van der Waals surface area contributed by atoms with Crippen molar-refractivity contribution in [2.24, 2.45) is 0 Å². The van der Waals surface area contributed by atoms with E-state index in [2.05, 4.69) is 14.7 Å². The fraction of sp³-hybridized carbons (Fsp3) is 0.556. The summed E-state index contributed by atoms with van der Waals surface area (Å²) < 4.78 is 31.2. The fourth-order valence-electron chi connectivity index (χ4n) is 1.10. The Morgan fingerprint density at radius 3 is 2.59 bits per heavy atom. The van der Waals surface area contributed by atoms with Gasteiger partial charge in [-0.05, 0) is 25.4 Å². The van der Waals surface area contributed by atoms with Crippen LogP contribution in [0.15, 0.2) is 17.3 Å². The van der Waals surface area contributed by atoms with Gasteiger partial charge in [0.1, 0.15) is 4.90 Å². The lowest BCUT2D eigenvalue weighted by molar-refractivity contribution is 0.133. The van der Waals surface area contributed by atoms with E-state index >= 15 is 0 Å². The molecule has 1 N–H and O–H groups in total. The molecule has 0 aliphatic rings. The van der Waals surface area contributed by atoms with Crippen LogP contribution in [0.25, 0.3) is 0 Å². The molecule has 1 heterocycles. The maximum atomic E-state index is 11.8. The van der Waals surface area contributed by atoms with Crippen LogP contribution in [0.1, 0.15) is 13.8 Å². The van der Waals surface area contributed by atoms with Crippen molar-refractivity contribution in [1.29, 1.82) is 0 Å². The smallest absolute Gasteiger partial charge is 0.243 e. The summed E-state index contributed by atoms with van der Waals surface area (Å²) in [6, 6.07) is -0.323. The quantitative estimate of drug-likeness (QED) is 0.780. The Morgan fingerprint density at radius 2 is 2.06 bits per heavy atom. The topological polar surface area (TPSA) is 81.2 Å². The third kappa shape index (κ3) is 4.55. The summed E-state index contributed by atoms with van der Waals surface area (Å²) in [5.41, 5.74) is 0. The average molecular weight is 280 g/mol. The zero-order valence-corrected chi connectivity index (χ0v) is 11.1. The van der Waals surface area contributed by atoms with Gasteiger partial charge < -0.3 is 4.74 Å². The minimum Gasteiger partial charge on any atom is -0.380 e. The van der Waals surface area contributed by atoms with Gasteiger partial charge in [-0.1, -0.05) is 0 Å². The molecule has 1 atom stereocenters. The summed E-state index contributed by atoms with van der Waals surface area (Å²) in [6.07, 6.45) is 2.32. The van der Waals surface area contributed by atoms with Crippen molar-refractivity contribution in [1.82, 2.24) is 14.7 Å². The summed E-state index contributed by atoms with van der Waals surface area (Å²) in [6.45, 7) is 4.40. The zero-order chi connectivity index (χ0) is 12.9. The van der Waals surface area contributed by atoms with E-state index in [0.29, 0.717) is 13.2 Å². The second-order valence-electron chi connectivity index (χ2n) is 3.37.